The van der Waals surface area contributed by atoms with Gasteiger partial charge in [0.15, 0.2) is 0 Å². The van der Waals surface area contributed by atoms with Crippen LogP contribution in [0.2, 0.25) is 0 Å². The van der Waals surface area contributed by atoms with Gasteiger partial charge >= 0.3 is 0 Å². The molecule has 4 heterocycles. The Morgan fingerprint density at radius 3 is 2.38 bits per heavy atom. The van der Waals surface area contributed by atoms with Crippen LogP contribution in [-0.2, 0) is 0 Å². The Morgan fingerprint density at radius 2 is 1.66 bits per heavy atom. The van der Waals surface area contributed by atoms with Gasteiger partial charge in [0.1, 0.15) is 5.82 Å². The molecule has 1 saturated carbocycles. The first kappa shape index (κ1) is 17.9. The van der Waals surface area contributed by atoms with Crippen molar-refractivity contribution in [3.63, 3.8) is 0 Å². The maximum Gasteiger partial charge on any atom is 0.253 e. The molecule has 1 amide bonds. The van der Waals surface area contributed by atoms with Crippen molar-refractivity contribution in [1.29, 1.82) is 0 Å². The van der Waals surface area contributed by atoms with Crippen LogP contribution in [0, 0.1) is 0 Å². The Balaban J connectivity index is 1.47. The first-order valence-electron chi connectivity index (χ1n) is 10.3. The molecule has 0 spiro atoms. The zero-order valence-electron chi connectivity index (χ0n) is 16.2. The lowest BCUT2D eigenvalue weighted by molar-refractivity contribution is 0.0706. The fourth-order valence-corrected chi connectivity index (χ4v) is 4.07. The maximum atomic E-state index is 13.0. The first-order chi connectivity index (χ1) is 14.3. The van der Waals surface area contributed by atoms with Gasteiger partial charge in [-0.25, -0.2) is 9.97 Å². The molecule has 29 heavy (non-hydrogen) atoms. The highest BCUT2D eigenvalue weighted by Gasteiger charge is 2.31. The number of piperidine rings is 1. The Hall–Kier alpha value is -3.15. The van der Waals surface area contributed by atoms with Crippen LogP contribution >= 0.6 is 0 Å². The molecular weight excluding hydrogens is 362 g/mol. The molecule has 0 N–H and O–H groups in total. The van der Waals surface area contributed by atoms with Gasteiger partial charge in [0.25, 0.3) is 5.91 Å². The monoisotopic (exact) mass is 385 g/mol. The molecule has 1 atom stereocenters. The summed E-state index contributed by atoms with van der Waals surface area (Å²) in [6, 6.07) is 7.57. The minimum atomic E-state index is 0.0685. The van der Waals surface area contributed by atoms with Crippen LogP contribution in [0.5, 0.6) is 0 Å². The van der Waals surface area contributed by atoms with Gasteiger partial charge in [-0.1, -0.05) is 0 Å². The number of aromatic nitrogens is 4. The molecule has 2 fully saturated rings. The van der Waals surface area contributed by atoms with E-state index in [1.165, 1.54) is 12.8 Å². The second-order valence-corrected chi connectivity index (χ2v) is 7.86. The highest BCUT2D eigenvalue weighted by molar-refractivity contribution is 5.94. The molecule has 2 aliphatic rings. The number of hydrogen-bond donors (Lipinski definition) is 0. The van der Waals surface area contributed by atoms with Crippen molar-refractivity contribution >= 4 is 5.91 Å². The summed E-state index contributed by atoms with van der Waals surface area (Å²) in [5.74, 6) is 1.73. The molecule has 1 aliphatic heterocycles. The van der Waals surface area contributed by atoms with Crippen molar-refractivity contribution in [3.05, 3.63) is 72.3 Å². The molecule has 6 nitrogen and oxygen atoms in total. The van der Waals surface area contributed by atoms with Crippen molar-refractivity contribution in [2.75, 3.05) is 13.1 Å². The lowest BCUT2D eigenvalue weighted by Crippen LogP contribution is -2.39. The molecule has 1 unspecified atom stereocenters. The second-order valence-electron chi connectivity index (χ2n) is 7.86. The van der Waals surface area contributed by atoms with Crippen molar-refractivity contribution in [3.8, 4) is 11.1 Å². The number of amides is 1. The minimum absolute atomic E-state index is 0.0685. The van der Waals surface area contributed by atoms with E-state index in [4.69, 9.17) is 4.98 Å². The molecule has 146 valence electrons. The minimum Gasteiger partial charge on any atom is -0.338 e. The van der Waals surface area contributed by atoms with Gasteiger partial charge in [0.05, 0.1) is 5.69 Å². The normalized spacial score (nSPS) is 19.2. The molecule has 1 aliphatic carbocycles. The molecule has 3 aromatic rings. The second kappa shape index (κ2) is 7.70. The van der Waals surface area contributed by atoms with Gasteiger partial charge in [-0.05, 0) is 55.5 Å². The van der Waals surface area contributed by atoms with Crippen LogP contribution < -0.4 is 0 Å². The van der Waals surface area contributed by atoms with Crippen LogP contribution in [0.15, 0.2) is 55.2 Å². The van der Waals surface area contributed by atoms with Crippen LogP contribution in [0.4, 0.5) is 0 Å². The number of pyridine rings is 2. The highest BCUT2D eigenvalue weighted by Crippen LogP contribution is 2.40. The van der Waals surface area contributed by atoms with Crippen LogP contribution in [0.1, 0.15) is 59.4 Å². The highest BCUT2D eigenvalue weighted by atomic mass is 16.2. The number of carbonyl (C=O) groups is 1. The van der Waals surface area contributed by atoms with E-state index in [2.05, 4.69) is 15.0 Å². The summed E-state index contributed by atoms with van der Waals surface area (Å²) in [4.78, 5) is 32.8. The number of rotatable bonds is 4. The molecule has 6 heteroatoms. The van der Waals surface area contributed by atoms with E-state index in [0.717, 1.165) is 42.0 Å². The summed E-state index contributed by atoms with van der Waals surface area (Å²) in [5, 5.41) is 0. The Kier molecular flexibility index (Phi) is 4.76. The largest absolute Gasteiger partial charge is 0.338 e. The van der Waals surface area contributed by atoms with Crippen molar-refractivity contribution < 1.29 is 4.79 Å². The van der Waals surface area contributed by atoms with E-state index in [1.807, 2.05) is 23.2 Å². The molecule has 5 rings (SSSR count). The fourth-order valence-electron chi connectivity index (χ4n) is 4.07. The summed E-state index contributed by atoms with van der Waals surface area (Å²) in [6.45, 7) is 1.46. The lowest BCUT2D eigenvalue weighted by Gasteiger charge is -2.33. The van der Waals surface area contributed by atoms with E-state index in [-0.39, 0.29) is 11.8 Å². The third-order valence-electron chi connectivity index (χ3n) is 5.79. The number of carbonyl (C=O) groups excluding carboxylic acids is 1. The van der Waals surface area contributed by atoms with E-state index in [1.54, 1.807) is 36.9 Å². The summed E-state index contributed by atoms with van der Waals surface area (Å²) in [6.07, 6.45) is 13.2. The van der Waals surface area contributed by atoms with Crippen LogP contribution in [0.3, 0.4) is 0 Å². The third kappa shape index (κ3) is 3.75. The smallest absolute Gasteiger partial charge is 0.253 e. The average molecular weight is 385 g/mol. The van der Waals surface area contributed by atoms with Crippen LogP contribution in [-0.4, -0.2) is 43.8 Å². The van der Waals surface area contributed by atoms with E-state index < -0.39 is 0 Å². The average Bonchev–Trinajstić information content (AvgIpc) is 3.65. The molecule has 0 aromatic carbocycles. The fraction of sp³-hybridized carbons (Fsp3) is 0.348. The summed E-state index contributed by atoms with van der Waals surface area (Å²) in [7, 11) is 0. The standard InChI is InChI=1S/C23H23N5O/c29-23(18-7-11-25-12-8-18)28-13-1-2-19(15-28)21-20(16-5-9-24-10-6-16)14-26-22(27-21)17-3-4-17/h5-12,14,17,19H,1-4,13,15H2. The number of hydrogen-bond acceptors (Lipinski definition) is 5. The Labute approximate surface area is 170 Å². The molecule has 0 radical (unpaired) electrons. The van der Waals surface area contributed by atoms with Crippen molar-refractivity contribution in [2.45, 2.75) is 37.5 Å². The first-order valence-corrected chi connectivity index (χ1v) is 10.3. The topological polar surface area (TPSA) is 71.9 Å². The third-order valence-corrected chi connectivity index (χ3v) is 5.79. The van der Waals surface area contributed by atoms with E-state index in [0.29, 0.717) is 18.0 Å². The van der Waals surface area contributed by atoms with Gasteiger partial charge in [-0.15, -0.1) is 0 Å². The van der Waals surface area contributed by atoms with Gasteiger partial charge in [-0.2, -0.15) is 0 Å². The van der Waals surface area contributed by atoms with Crippen LogP contribution in [0.25, 0.3) is 11.1 Å². The van der Waals surface area contributed by atoms with Gasteiger partial charge in [0.2, 0.25) is 0 Å². The van der Waals surface area contributed by atoms with Crippen molar-refractivity contribution in [2.24, 2.45) is 0 Å². The van der Waals surface area contributed by atoms with Gasteiger partial charge < -0.3 is 4.90 Å². The Morgan fingerprint density at radius 1 is 0.931 bits per heavy atom. The zero-order chi connectivity index (χ0) is 19.6. The molecular formula is C23H23N5O. The number of nitrogens with zero attached hydrogens (tertiary/aromatic N) is 5. The van der Waals surface area contributed by atoms with Gasteiger partial charge in [-0.3, -0.25) is 14.8 Å². The quantitative estimate of drug-likeness (QED) is 0.682. The molecule has 1 saturated heterocycles. The SMILES string of the molecule is O=C(c1ccncc1)N1CCCC(c2nc(C3CC3)ncc2-c2ccncc2)C1. The molecule has 3 aromatic heterocycles. The Bertz CT molecular complexity index is 1000. The lowest BCUT2D eigenvalue weighted by atomic mass is 9.89. The summed E-state index contributed by atoms with van der Waals surface area (Å²) in [5.41, 5.74) is 3.90. The number of likely N-dealkylation sites (tertiary alicyclic amines) is 1. The summed E-state index contributed by atoms with van der Waals surface area (Å²) >= 11 is 0. The zero-order valence-corrected chi connectivity index (χ0v) is 16.2. The summed E-state index contributed by atoms with van der Waals surface area (Å²) < 4.78 is 0. The molecule has 0 bridgehead atoms. The van der Waals surface area contributed by atoms with Crippen molar-refractivity contribution in [1.82, 2.24) is 24.8 Å². The van der Waals surface area contributed by atoms with Gasteiger partial charge in [0, 0.05) is 67.0 Å². The predicted octanol–water partition coefficient (Wildman–Crippen LogP) is 3.83. The predicted molar refractivity (Wildman–Crippen MR) is 109 cm³/mol. The maximum absolute atomic E-state index is 13.0. The van der Waals surface area contributed by atoms with E-state index >= 15 is 0 Å². The van der Waals surface area contributed by atoms with E-state index in [9.17, 15) is 4.79 Å².